The van der Waals surface area contributed by atoms with E-state index in [4.69, 9.17) is 17.3 Å². The molecule has 8 heteroatoms. The van der Waals surface area contributed by atoms with E-state index in [0.717, 1.165) is 34.6 Å². The van der Waals surface area contributed by atoms with Crippen molar-refractivity contribution in [1.82, 2.24) is 15.5 Å². The van der Waals surface area contributed by atoms with Gasteiger partial charge in [0, 0.05) is 33.9 Å². The van der Waals surface area contributed by atoms with Gasteiger partial charge in [0.2, 0.25) is 5.91 Å². The quantitative estimate of drug-likeness (QED) is 0.382. The van der Waals surface area contributed by atoms with Crippen molar-refractivity contribution < 1.29 is 9.59 Å². The molecule has 1 saturated heterocycles. The summed E-state index contributed by atoms with van der Waals surface area (Å²) in [4.78, 5) is 26.7. The fourth-order valence-corrected chi connectivity index (χ4v) is 3.99. The highest BCUT2D eigenvalue weighted by Gasteiger charge is 2.23. The van der Waals surface area contributed by atoms with Crippen LogP contribution in [-0.2, 0) is 11.3 Å². The topological polar surface area (TPSA) is 87.5 Å². The number of nitrogens with two attached hydrogens (primary N) is 1. The number of carbonyl (C=O) groups excluding carboxylic acids is 2. The van der Waals surface area contributed by atoms with Gasteiger partial charge in [0.05, 0.1) is 12.1 Å². The lowest BCUT2D eigenvalue weighted by Gasteiger charge is -2.16. The van der Waals surface area contributed by atoms with Gasteiger partial charge < -0.3 is 16.4 Å². The third kappa shape index (κ3) is 6.58. The van der Waals surface area contributed by atoms with Gasteiger partial charge in [0.1, 0.15) is 0 Å². The van der Waals surface area contributed by atoms with Crippen molar-refractivity contribution in [3.8, 4) is 0 Å². The van der Waals surface area contributed by atoms with Crippen LogP contribution in [0.15, 0.2) is 42.5 Å². The van der Waals surface area contributed by atoms with Gasteiger partial charge in [0.15, 0.2) is 0 Å². The molecule has 0 radical (unpaired) electrons. The molecule has 0 aromatic heterocycles. The molecule has 1 aliphatic heterocycles. The van der Waals surface area contributed by atoms with Crippen LogP contribution in [0.4, 0.5) is 5.69 Å². The summed E-state index contributed by atoms with van der Waals surface area (Å²) in [6, 6.07) is 13.1. The predicted octanol–water partition coefficient (Wildman–Crippen LogP) is 2.89. The van der Waals surface area contributed by atoms with Crippen molar-refractivity contribution >= 4 is 51.7 Å². The number of halogens is 2. The van der Waals surface area contributed by atoms with Crippen LogP contribution in [0.25, 0.3) is 0 Å². The van der Waals surface area contributed by atoms with Crippen molar-refractivity contribution in [2.24, 2.45) is 5.92 Å². The summed E-state index contributed by atoms with van der Waals surface area (Å²) in [5, 5.41) is 6.29. The lowest BCUT2D eigenvalue weighted by atomic mass is 10.1. The molecule has 0 spiro atoms. The first-order valence-electron chi connectivity index (χ1n) is 9.47. The van der Waals surface area contributed by atoms with E-state index in [-0.39, 0.29) is 18.4 Å². The Hall–Kier alpha value is -1.84. The number of amides is 2. The Morgan fingerprint density at radius 2 is 1.93 bits per heavy atom. The number of nitrogens with zero attached hydrogens (tertiary/aromatic N) is 1. The Morgan fingerprint density at radius 1 is 1.17 bits per heavy atom. The number of hydrogen-bond acceptors (Lipinski definition) is 4. The maximum absolute atomic E-state index is 12.2. The Bertz CT molecular complexity index is 875. The zero-order valence-corrected chi connectivity index (χ0v) is 18.9. The summed E-state index contributed by atoms with van der Waals surface area (Å²) in [7, 11) is 0. The first-order chi connectivity index (χ1) is 13.9. The Morgan fingerprint density at radius 3 is 2.69 bits per heavy atom. The van der Waals surface area contributed by atoms with Crippen LogP contribution in [0, 0.1) is 9.49 Å². The van der Waals surface area contributed by atoms with Crippen LogP contribution in [0.5, 0.6) is 0 Å². The molecular weight excluding hydrogens is 503 g/mol. The number of likely N-dealkylation sites (tertiary alicyclic amines) is 1. The minimum absolute atomic E-state index is 0.0645. The summed E-state index contributed by atoms with van der Waals surface area (Å²) in [5.41, 5.74) is 7.86. The molecule has 4 N–H and O–H groups in total. The summed E-state index contributed by atoms with van der Waals surface area (Å²) >= 11 is 8.05. The van der Waals surface area contributed by atoms with Gasteiger partial charge in [-0.3, -0.25) is 14.5 Å². The molecule has 1 fully saturated rings. The second kappa shape index (κ2) is 10.3. The van der Waals surface area contributed by atoms with Gasteiger partial charge in [-0.1, -0.05) is 23.7 Å². The standard InChI is InChI=1S/C21H24ClIN4O2/c22-16-3-1-14(2-4-16)12-27-8-7-15(13-27)10-25-20(28)11-26-21(29)18-9-17(23)5-6-19(18)24/h1-6,9,15H,7-8,10-13,24H2,(H,25,28)(H,26,29). The van der Waals surface area contributed by atoms with Gasteiger partial charge in [-0.05, 0) is 77.4 Å². The van der Waals surface area contributed by atoms with E-state index in [1.54, 1.807) is 12.1 Å². The average molecular weight is 527 g/mol. The summed E-state index contributed by atoms with van der Waals surface area (Å²) < 4.78 is 0.913. The molecule has 1 atom stereocenters. The van der Waals surface area contributed by atoms with Crippen LogP contribution in [-0.4, -0.2) is 42.9 Å². The number of anilines is 1. The summed E-state index contributed by atoms with van der Waals surface area (Å²) in [5.74, 6) is -0.127. The predicted molar refractivity (Wildman–Crippen MR) is 124 cm³/mol. The second-order valence-electron chi connectivity index (χ2n) is 7.23. The van der Waals surface area contributed by atoms with Crippen LogP contribution in [0.1, 0.15) is 22.3 Å². The zero-order valence-electron chi connectivity index (χ0n) is 16.0. The molecule has 0 aliphatic carbocycles. The second-order valence-corrected chi connectivity index (χ2v) is 8.92. The van der Waals surface area contributed by atoms with Crippen LogP contribution in [0.3, 0.4) is 0 Å². The smallest absolute Gasteiger partial charge is 0.253 e. The van der Waals surface area contributed by atoms with Crippen molar-refractivity contribution in [3.63, 3.8) is 0 Å². The van der Waals surface area contributed by atoms with Crippen molar-refractivity contribution in [1.29, 1.82) is 0 Å². The number of hydrogen-bond donors (Lipinski definition) is 3. The lowest BCUT2D eigenvalue weighted by molar-refractivity contribution is -0.120. The Balaban J connectivity index is 1.38. The number of benzene rings is 2. The molecule has 154 valence electrons. The highest BCUT2D eigenvalue weighted by molar-refractivity contribution is 14.1. The third-order valence-corrected chi connectivity index (χ3v) is 5.87. The number of carbonyl (C=O) groups is 2. The molecular formula is C21H24ClIN4O2. The minimum atomic E-state index is -0.342. The van der Waals surface area contributed by atoms with Crippen molar-refractivity contribution in [3.05, 3.63) is 62.2 Å². The lowest BCUT2D eigenvalue weighted by Crippen LogP contribution is -2.39. The molecule has 2 amide bonds. The third-order valence-electron chi connectivity index (χ3n) is 4.95. The van der Waals surface area contributed by atoms with Gasteiger partial charge >= 0.3 is 0 Å². The monoisotopic (exact) mass is 526 g/mol. The van der Waals surface area contributed by atoms with E-state index in [2.05, 4.69) is 38.1 Å². The molecule has 0 saturated carbocycles. The van der Waals surface area contributed by atoms with Crippen molar-refractivity contribution in [2.75, 3.05) is 31.9 Å². The van der Waals surface area contributed by atoms with E-state index >= 15 is 0 Å². The van der Waals surface area contributed by atoms with Crippen molar-refractivity contribution in [2.45, 2.75) is 13.0 Å². The SMILES string of the molecule is Nc1ccc(I)cc1C(=O)NCC(=O)NCC1CCN(Cc2ccc(Cl)cc2)C1. The molecule has 1 aliphatic rings. The average Bonchev–Trinajstić information content (AvgIpc) is 3.15. The molecule has 2 aromatic rings. The van der Waals surface area contributed by atoms with Crippen LogP contribution < -0.4 is 16.4 Å². The van der Waals surface area contributed by atoms with Gasteiger partial charge in [-0.2, -0.15) is 0 Å². The van der Waals surface area contributed by atoms with E-state index in [0.29, 0.717) is 23.7 Å². The first-order valence-corrected chi connectivity index (χ1v) is 10.9. The normalized spacial score (nSPS) is 16.6. The Labute approximate surface area is 189 Å². The molecule has 1 unspecified atom stereocenters. The molecule has 2 aromatic carbocycles. The molecule has 6 nitrogen and oxygen atoms in total. The summed E-state index contributed by atoms with van der Waals surface area (Å²) in [6.07, 6.45) is 1.04. The van der Waals surface area contributed by atoms with E-state index in [9.17, 15) is 9.59 Å². The van der Waals surface area contributed by atoms with Gasteiger partial charge in [0.25, 0.3) is 5.91 Å². The molecule has 29 heavy (non-hydrogen) atoms. The number of rotatable bonds is 7. The maximum atomic E-state index is 12.2. The Kier molecular flexibility index (Phi) is 7.74. The fourth-order valence-electron chi connectivity index (χ4n) is 3.37. The highest BCUT2D eigenvalue weighted by Crippen LogP contribution is 2.19. The maximum Gasteiger partial charge on any atom is 0.253 e. The van der Waals surface area contributed by atoms with E-state index < -0.39 is 0 Å². The molecule has 1 heterocycles. The molecule has 0 bridgehead atoms. The van der Waals surface area contributed by atoms with E-state index in [1.165, 1.54) is 5.56 Å². The van der Waals surface area contributed by atoms with Gasteiger partial charge in [-0.25, -0.2) is 0 Å². The first kappa shape index (κ1) is 21.9. The minimum Gasteiger partial charge on any atom is -0.398 e. The zero-order chi connectivity index (χ0) is 20.8. The number of nitrogen functional groups attached to an aromatic ring is 1. The molecule has 3 rings (SSSR count). The number of nitrogens with one attached hydrogen (secondary N) is 2. The highest BCUT2D eigenvalue weighted by atomic mass is 127. The fraction of sp³-hybridized carbons (Fsp3) is 0.333. The van der Waals surface area contributed by atoms with Gasteiger partial charge in [-0.15, -0.1) is 0 Å². The summed E-state index contributed by atoms with van der Waals surface area (Å²) in [6.45, 7) is 3.37. The van der Waals surface area contributed by atoms with Crippen LogP contribution >= 0.6 is 34.2 Å². The largest absolute Gasteiger partial charge is 0.398 e. The van der Waals surface area contributed by atoms with Crippen LogP contribution in [0.2, 0.25) is 5.02 Å². The van der Waals surface area contributed by atoms with E-state index in [1.807, 2.05) is 30.3 Å².